The summed E-state index contributed by atoms with van der Waals surface area (Å²) in [6.07, 6.45) is 2.94. The minimum atomic E-state index is 0.902. The highest BCUT2D eigenvalue weighted by Gasteiger charge is 2.71. The summed E-state index contributed by atoms with van der Waals surface area (Å²) in [5, 5.41) is 0. The van der Waals surface area contributed by atoms with Crippen LogP contribution in [0.4, 0.5) is 0 Å². The Morgan fingerprint density at radius 3 is 1.00 bits per heavy atom. The van der Waals surface area contributed by atoms with Gasteiger partial charge < -0.3 is 0 Å². The van der Waals surface area contributed by atoms with Crippen LogP contribution in [0.3, 0.4) is 0 Å². The Kier molecular flexibility index (Phi) is 1.68. The molecule has 4 atom stereocenters. The Morgan fingerprint density at radius 1 is 0.455 bits per heavy atom. The molecule has 3 fully saturated rings. The van der Waals surface area contributed by atoms with E-state index in [4.69, 9.17) is 0 Å². The molecule has 4 bridgehead atoms. The molecule has 0 heterocycles. The van der Waals surface area contributed by atoms with Gasteiger partial charge in [0.2, 0.25) is 0 Å². The molecule has 7 rings (SSSR count). The zero-order valence-corrected chi connectivity index (χ0v) is 12.7. The zero-order valence-electron chi connectivity index (χ0n) is 12.7. The highest BCUT2D eigenvalue weighted by atomic mass is 14.7. The molecule has 5 aliphatic carbocycles. The summed E-state index contributed by atoms with van der Waals surface area (Å²) in [5.74, 6) is 7.69. The first kappa shape index (κ1) is 11.0. The standard InChI is InChI=1S/C22H20/c1-2-6-12-11(5-1)15-9-16(12)20-19(15)21-17-10-18(22(20)21)14-8-4-3-7-13(14)17/h1-8,15-22H,9-10H2/t15-,16+,17+,18-,19?,20?,21?,22?. The van der Waals surface area contributed by atoms with Gasteiger partial charge in [0.25, 0.3) is 0 Å². The fourth-order valence-electron chi connectivity index (χ4n) is 7.91. The molecule has 0 aliphatic heterocycles. The second-order valence-corrected chi connectivity index (χ2v) is 8.46. The van der Waals surface area contributed by atoms with Crippen LogP contribution in [0.2, 0.25) is 0 Å². The van der Waals surface area contributed by atoms with Crippen LogP contribution in [0.15, 0.2) is 48.5 Å². The molecular formula is C22H20. The van der Waals surface area contributed by atoms with E-state index in [1.165, 1.54) is 12.8 Å². The summed E-state index contributed by atoms with van der Waals surface area (Å²) in [4.78, 5) is 0. The van der Waals surface area contributed by atoms with Crippen molar-refractivity contribution in [1.29, 1.82) is 0 Å². The second-order valence-electron chi connectivity index (χ2n) is 8.46. The maximum Gasteiger partial charge on any atom is -0.0119 e. The van der Waals surface area contributed by atoms with Crippen LogP contribution in [0.1, 0.15) is 58.8 Å². The Bertz CT molecular complexity index is 675. The van der Waals surface area contributed by atoms with Crippen LogP contribution in [0, 0.1) is 23.7 Å². The minimum Gasteiger partial charge on any atom is -0.0620 e. The van der Waals surface area contributed by atoms with Crippen molar-refractivity contribution in [3.63, 3.8) is 0 Å². The second kappa shape index (κ2) is 3.35. The van der Waals surface area contributed by atoms with E-state index in [2.05, 4.69) is 48.5 Å². The van der Waals surface area contributed by atoms with Gasteiger partial charge >= 0.3 is 0 Å². The molecule has 5 aliphatic rings. The Balaban J connectivity index is 1.39. The molecule has 2 aromatic carbocycles. The van der Waals surface area contributed by atoms with Gasteiger partial charge in [0.15, 0.2) is 0 Å². The van der Waals surface area contributed by atoms with Gasteiger partial charge in [0.1, 0.15) is 0 Å². The third-order valence-corrected chi connectivity index (χ3v) is 8.24. The lowest BCUT2D eigenvalue weighted by Crippen LogP contribution is -2.50. The van der Waals surface area contributed by atoms with Crippen molar-refractivity contribution >= 4 is 0 Å². The zero-order chi connectivity index (χ0) is 14.0. The SMILES string of the molecule is c1ccc2c(c1)[C@H]1C[C@@H]2C2C1C1C2[C@@H]2C[C@H]1c1ccccc12. The van der Waals surface area contributed by atoms with E-state index in [0.717, 1.165) is 47.3 Å². The molecule has 0 amide bonds. The molecule has 0 N–H and O–H groups in total. The van der Waals surface area contributed by atoms with E-state index in [0.29, 0.717) is 0 Å². The fourth-order valence-corrected chi connectivity index (χ4v) is 7.91. The number of rotatable bonds is 0. The fraction of sp³-hybridized carbons (Fsp3) is 0.455. The largest absolute Gasteiger partial charge is 0.0620 e. The van der Waals surface area contributed by atoms with Crippen LogP contribution in [0.25, 0.3) is 0 Å². The lowest BCUT2D eigenvalue weighted by atomic mass is 9.47. The maximum absolute atomic E-state index is 2.44. The number of fused-ring (bicyclic) bond motifs is 18. The summed E-state index contributed by atoms with van der Waals surface area (Å²) >= 11 is 0. The van der Waals surface area contributed by atoms with Gasteiger partial charge in [-0.25, -0.2) is 0 Å². The molecule has 108 valence electrons. The molecule has 0 saturated heterocycles. The van der Waals surface area contributed by atoms with Gasteiger partial charge in [-0.2, -0.15) is 0 Å². The van der Waals surface area contributed by atoms with Crippen LogP contribution in [-0.2, 0) is 0 Å². The van der Waals surface area contributed by atoms with Crippen molar-refractivity contribution in [1.82, 2.24) is 0 Å². The molecule has 0 unspecified atom stereocenters. The highest BCUT2D eigenvalue weighted by molar-refractivity contribution is 5.51. The average Bonchev–Trinajstić information content (AvgIpc) is 3.25. The Morgan fingerprint density at radius 2 is 0.727 bits per heavy atom. The third kappa shape index (κ3) is 0.960. The van der Waals surface area contributed by atoms with Crippen molar-refractivity contribution in [2.75, 3.05) is 0 Å². The van der Waals surface area contributed by atoms with Crippen LogP contribution in [-0.4, -0.2) is 0 Å². The summed E-state index contributed by atoms with van der Waals surface area (Å²) in [6, 6.07) is 18.8. The van der Waals surface area contributed by atoms with Gasteiger partial charge in [0.05, 0.1) is 0 Å². The number of benzene rings is 2. The molecule has 22 heavy (non-hydrogen) atoms. The monoisotopic (exact) mass is 284 g/mol. The van der Waals surface area contributed by atoms with E-state index in [-0.39, 0.29) is 0 Å². The Hall–Kier alpha value is -1.56. The normalized spacial score (nSPS) is 47.6. The molecule has 0 aromatic heterocycles. The van der Waals surface area contributed by atoms with E-state index in [9.17, 15) is 0 Å². The van der Waals surface area contributed by atoms with Gasteiger partial charge in [-0.3, -0.25) is 0 Å². The smallest absolute Gasteiger partial charge is 0.0119 e. The van der Waals surface area contributed by atoms with Gasteiger partial charge in [0, 0.05) is 0 Å². The van der Waals surface area contributed by atoms with Gasteiger partial charge in [-0.1, -0.05) is 48.5 Å². The first-order valence-electron chi connectivity index (χ1n) is 9.11. The van der Waals surface area contributed by atoms with Crippen LogP contribution in [0.5, 0.6) is 0 Å². The molecule has 2 aromatic rings. The predicted octanol–water partition coefficient (Wildman–Crippen LogP) is 5.03. The van der Waals surface area contributed by atoms with Crippen LogP contribution < -0.4 is 0 Å². The van der Waals surface area contributed by atoms with Gasteiger partial charge in [-0.15, -0.1) is 0 Å². The molecule has 3 saturated carbocycles. The van der Waals surface area contributed by atoms with Crippen molar-refractivity contribution in [3.8, 4) is 0 Å². The highest BCUT2D eigenvalue weighted by Crippen LogP contribution is 2.80. The van der Waals surface area contributed by atoms with Crippen molar-refractivity contribution < 1.29 is 0 Å². The van der Waals surface area contributed by atoms with E-state index in [1.54, 1.807) is 22.3 Å². The first-order valence-corrected chi connectivity index (χ1v) is 9.11. The van der Waals surface area contributed by atoms with E-state index in [1.807, 2.05) is 0 Å². The lowest BCUT2D eigenvalue weighted by Gasteiger charge is -2.57. The maximum atomic E-state index is 2.44. The van der Waals surface area contributed by atoms with Crippen molar-refractivity contribution in [2.45, 2.75) is 36.5 Å². The average molecular weight is 284 g/mol. The van der Waals surface area contributed by atoms with Crippen molar-refractivity contribution in [3.05, 3.63) is 70.8 Å². The van der Waals surface area contributed by atoms with Crippen molar-refractivity contribution in [2.24, 2.45) is 23.7 Å². The molecule has 0 heteroatoms. The Labute approximate surface area is 131 Å². The number of hydrogen-bond acceptors (Lipinski definition) is 0. The molecule has 0 radical (unpaired) electrons. The lowest BCUT2D eigenvalue weighted by molar-refractivity contribution is -0.0194. The quantitative estimate of drug-likeness (QED) is 0.595. The summed E-state index contributed by atoms with van der Waals surface area (Å²) < 4.78 is 0. The minimum absolute atomic E-state index is 0.902. The molecule has 0 spiro atoms. The molecule has 0 nitrogen and oxygen atoms in total. The summed E-state index contributed by atoms with van der Waals surface area (Å²) in [5.41, 5.74) is 6.90. The van der Waals surface area contributed by atoms with Gasteiger partial charge in [-0.05, 0) is 82.4 Å². The summed E-state index contributed by atoms with van der Waals surface area (Å²) in [7, 11) is 0. The van der Waals surface area contributed by atoms with E-state index < -0.39 is 0 Å². The number of hydrogen-bond donors (Lipinski definition) is 0. The van der Waals surface area contributed by atoms with Crippen LogP contribution >= 0.6 is 0 Å². The summed E-state index contributed by atoms with van der Waals surface area (Å²) in [6.45, 7) is 0. The topological polar surface area (TPSA) is 0 Å². The predicted molar refractivity (Wildman–Crippen MR) is 87.0 cm³/mol. The molecular weight excluding hydrogens is 264 g/mol. The third-order valence-electron chi connectivity index (χ3n) is 8.24. The van der Waals surface area contributed by atoms with E-state index >= 15 is 0 Å². The first-order chi connectivity index (χ1) is 10.9.